The molecule has 1 rings (SSSR count). The SMILES string of the molecule is CCN(Cc1cc(C#CCCO)cs1)CC(F)(F)F. The van der Waals surface area contributed by atoms with Crippen molar-refractivity contribution in [1.82, 2.24) is 4.90 Å². The fraction of sp³-hybridized carbons (Fsp3) is 0.538. The summed E-state index contributed by atoms with van der Waals surface area (Å²) in [5.41, 5.74) is 0.788. The van der Waals surface area contributed by atoms with Gasteiger partial charge in [-0.25, -0.2) is 0 Å². The zero-order valence-corrected chi connectivity index (χ0v) is 11.4. The summed E-state index contributed by atoms with van der Waals surface area (Å²) in [4.78, 5) is 2.20. The maximum Gasteiger partial charge on any atom is 0.401 e. The summed E-state index contributed by atoms with van der Waals surface area (Å²) in [6.45, 7) is 1.46. The first-order valence-corrected chi connectivity index (χ1v) is 6.79. The van der Waals surface area contributed by atoms with Crippen molar-refractivity contribution in [3.8, 4) is 11.8 Å². The highest BCUT2D eigenvalue weighted by Gasteiger charge is 2.30. The monoisotopic (exact) mass is 291 g/mol. The molecule has 0 aliphatic carbocycles. The van der Waals surface area contributed by atoms with Crippen LogP contribution >= 0.6 is 11.3 Å². The summed E-state index contributed by atoms with van der Waals surface area (Å²) in [5, 5.41) is 10.4. The van der Waals surface area contributed by atoms with Crippen LogP contribution in [0.5, 0.6) is 0 Å². The van der Waals surface area contributed by atoms with E-state index in [0.29, 0.717) is 13.0 Å². The molecule has 1 N–H and O–H groups in total. The molecule has 0 bridgehead atoms. The Morgan fingerprint density at radius 1 is 1.42 bits per heavy atom. The van der Waals surface area contributed by atoms with Crippen LogP contribution in [0.1, 0.15) is 23.8 Å². The second-order valence-electron chi connectivity index (χ2n) is 4.00. The summed E-state index contributed by atoms with van der Waals surface area (Å²) in [7, 11) is 0. The van der Waals surface area contributed by atoms with Gasteiger partial charge in [-0.3, -0.25) is 4.90 Å². The van der Waals surface area contributed by atoms with Gasteiger partial charge in [0.15, 0.2) is 0 Å². The largest absolute Gasteiger partial charge is 0.401 e. The number of rotatable bonds is 5. The van der Waals surface area contributed by atoms with Crippen LogP contribution < -0.4 is 0 Å². The lowest BCUT2D eigenvalue weighted by atomic mass is 10.3. The average molecular weight is 291 g/mol. The Labute approximate surface area is 114 Å². The summed E-state index contributed by atoms with van der Waals surface area (Å²) in [5.74, 6) is 5.65. The number of thiophene rings is 1. The zero-order chi connectivity index (χ0) is 14.3. The van der Waals surface area contributed by atoms with Gasteiger partial charge in [0.1, 0.15) is 0 Å². The highest BCUT2D eigenvalue weighted by atomic mass is 32.1. The number of nitrogens with zero attached hydrogens (tertiary/aromatic N) is 1. The van der Waals surface area contributed by atoms with E-state index in [-0.39, 0.29) is 13.2 Å². The van der Waals surface area contributed by atoms with Crippen molar-refractivity contribution in [2.75, 3.05) is 19.7 Å². The predicted octanol–water partition coefficient (Wildman–Crippen LogP) is 2.87. The van der Waals surface area contributed by atoms with Gasteiger partial charge in [0.2, 0.25) is 0 Å². The van der Waals surface area contributed by atoms with Crippen LogP contribution in [-0.4, -0.2) is 35.9 Å². The summed E-state index contributed by atoms with van der Waals surface area (Å²) in [6, 6.07) is 1.80. The summed E-state index contributed by atoms with van der Waals surface area (Å²) >= 11 is 1.40. The molecule has 0 aliphatic heterocycles. The number of halogens is 3. The molecule has 0 atom stereocenters. The zero-order valence-electron chi connectivity index (χ0n) is 10.6. The van der Waals surface area contributed by atoms with Crippen molar-refractivity contribution in [3.05, 3.63) is 21.9 Å². The molecular formula is C13H16F3NOS. The van der Waals surface area contributed by atoms with Crippen LogP contribution in [0.15, 0.2) is 11.4 Å². The Morgan fingerprint density at radius 2 is 2.16 bits per heavy atom. The predicted molar refractivity (Wildman–Crippen MR) is 69.9 cm³/mol. The molecule has 2 nitrogen and oxygen atoms in total. The minimum atomic E-state index is -4.17. The fourth-order valence-corrected chi connectivity index (χ4v) is 2.36. The van der Waals surface area contributed by atoms with Gasteiger partial charge >= 0.3 is 6.18 Å². The van der Waals surface area contributed by atoms with E-state index in [1.165, 1.54) is 16.2 Å². The third-order valence-corrected chi connectivity index (χ3v) is 3.27. The molecule has 0 aliphatic rings. The van der Waals surface area contributed by atoms with E-state index in [1.54, 1.807) is 13.0 Å². The maximum atomic E-state index is 12.3. The third-order valence-electron chi connectivity index (χ3n) is 2.35. The molecule has 0 fully saturated rings. The van der Waals surface area contributed by atoms with E-state index >= 15 is 0 Å². The molecule has 0 spiro atoms. The Hall–Kier alpha value is -1.03. The number of aliphatic hydroxyl groups excluding tert-OH is 1. The lowest BCUT2D eigenvalue weighted by molar-refractivity contribution is -0.146. The van der Waals surface area contributed by atoms with Crippen molar-refractivity contribution in [2.45, 2.75) is 26.1 Å². The van der Waals surface area contributed by atoms with Gasteiger partial charge in [-0.15, -0.1) is 11.3 Å². The molecule has 1 aromatic rings. The Bertz CT molecular complexity index is 445. The van der Waals surface area contributed by atoms with Crippen molar-refractivity contribution in [2.24, 2.45) is 0 Å². The average Bonchev–Trinajstić information content (AvgIpc) is 2.74. The molecule has 19 heavy (non-hydrogen) atoms. The van der Waals surface area contributed by atoms with Crippen LogP contribution in [0.3, 0.4) is 0 Å². The van der Waals surface area contributed by atoms with Crippen LogP contribution in [0.2, 0.25) is 0 Å². The molecule has 0 aromatic carbocycles. The second-order valence-corrected chi connectivity index (χ2v) is 4.99. The second kappa shape index (κ2) is 7.53. The number of hydrogen-bond donors (Lipinski definition) is 1. The molecule has 6 heteroatoms. The van der Waals surface area contributed by atoms with Crippen molar-refractivity contribution < 1.29 is 18.3 Å². The van der Waals surface area contributed by atoms with Crippen LogP contribution in [0.25, 0.3) is 0 Å². The maximum absolute atomic E-state index is 12.3. The highest BCUT2D eigenvalue weighted by Crippen LogP contribution is 2.20. The molecule has 1 aromatic heterocycles. The third kappa shape index (κ3) is 6.62. The molecule has 0 saturated carbocycles. The Morgan fingerprint density at radius 3 is 2.74 bits per heavy atom. The minimum Gasteiger partial charge on any atom is -0.395 e. The molecule has 0 radical (unpaired) electrons. The summed E-state index contributed by atoms with van der Waals surface area (Å²) < 4.78 is 37.0. The standard InChI is InChI=1S/C13H16F3NOS/c1-2-17(10-13(14,15)16)8-12-7-11(9-19-12)5-3-4-6-18/h7,9,18H,2,4,6,8,10H2,1H3. The van der Waals surface area contributed by atoms with Crippen LogP contribution in [-0.2, 0) is 6.54 Å². The lowest BCUT2D eigenvalue weighted by Crippen LogP contribution is -2.33. The molecule has 0 amide bonds. The van der Waals surface area contributed by atoms with Gasteiger partial charge in [-0.2, -0.15) is 13.2 Å². The van der Waals surface area contributed by atoms with Gasteiger partial charge in [0.25, 0.3) is 0 Å². The van der Waals surface area contributed by atoms with Gasteiger partial charge in [-0.05, 0) is 12.6 Å². The first-order chi connectivity index (χ1) is 8.94. The fourth-order valence-electron chi connectivity index (χ4n) is 1.50. The number of alkyl halides is 3. The first kappa shape index (κ1) is 16.0. The van der Waals surface area contributed by atoms with E-state index < -0.39 is 12.7 Å². The van der Waals surface area contributed by atoms with Gasteiger partial charge < -0.3 is 5.11 Å². The van der Waals surface area contributed by atoms with E-state index in [0.717, 1.165) is 10.4 Å². The minimum absolute atomic E-state index is 0.0131. The topological polar surface area (TPSA) is 23.5 Å². The smallest absolute Gasteiger partial charge is 0.395 e. The van der Waals surface area contributed by atoms with Gasteiger partial charge in [-0.1, -0.05) is 18.8 Å². The molecule has 0 saturated heterocycles. The van der Waals surface area contributed by atoms with Crippen LogP contribution in [0, 0.1) is 11.8 Å². The quantitative estimate of drug-likeness (QED) is 0.843. The first-order valence-electron chi connectivity index (χ1n) is 5.91. The van der Waals surface area contributed by atoms with Gasteiger partial charge in [0, 0.05) is 28.8 Å². The Balaban J connectivity index is 2.59. The number of aliphatic hydroxyl groups is 1. The summed E-state index contributed by atoms with van der Waals surface area (Å²) in [6.07, 6.45) is -3.77. The Kier molecular flexibility index (Phi) is 6.35. The molecule has 1 heterocycles. The molecule has 106 valence electrons. The van der Waals surface area contributed by atoms with Crippen LogP contribution in [0.4, 0.5) is 13.2 Å². The van der Waals surface area contributed by atoms with Gasteiger partial charge in [0.05, 0.1) is 13.2 Å². The van der Waals surface area contributed by atoms with E-state index in [1.807, 2.05) is 5.38 Å². The lowest BCUT2D eigenvalue weighted by Gasteiger charge is -2.20. The van der Waals surface area contributed by atoms with E-state index in [9.17, 15) is 13.2 Å². The van der Waals surface area contributed by atoms with E-state index in [4.69, 9.17) is 5.11 Å². The van der Waals surface area contributed by atoms with Crippen molar-refractivity contribution >= 4 is 11.3 Å². The van der Waals surface area contributed by atoms with E-state index in [2.05, 4.69) is 11.8 Å². The van der Waals surface area contributed by atoms with Crippen molar-refractivity contribution in [3.63, 3.8) is 0 Å². The highest BCUT2D eigenvalue weighted by molar-refractivity contribution is 7.10. The number of hydrogen-bond acceptors (Lipinski definition) is 3. The molecule has 0 unspecified atom stereocenters. The van der Waals surface area contributed by atoms with Crippen molar-refractivity contribution in [1.29, 1.82) is 0 Å². The molecular weight excluding hydrogens is 275 g/mol. The normalized spacial score (nSPS) is 11.5.